The fraction of sp³-hybridized carbons (Fsp3) is 0.846. The van der Waals surface area contributed by atoms with Crippen LogP contribution in [0.4, 0.5) is 4.79 Å². The molecule has 0 spiro atoms. The summed E-state index contributed by atoms with van der Waals surface area (Å²) in [5.74, 6) is -0.202. The molecule has 0 aliphatic heterocycles. The summed E-state index contributed by atoms with van der Waals surface area (Å²) in [6.45, 7) is 0.560. The third kappa shape index (κ3) is 6.42. The number of nitrogens with two attached hydrogens (primary N) is 1. The third-order valence-electron chi connectivity index (χ3n) is 3.51. The van der Waals surface area contributed by atoms with Crippen LogP contribution in [0, 0.1) is 0 Å². The van der Waals surface area contributed by atoms with E-state index in [-0.39, 0.29) is 11.9 Å². The summed E-state index contributed by atoms with van der Waals surface area (Å²) in [7, 11) is 0. The van der Waals surface area contributed by atoms with E-state index in [4.69, 9.17) is 10.8 Å². The van der Waals surface area contributed by atoms with E-state index in [2.05, 4.69) is 10.6 Å². The van der Waals surface area contributed by atoms with Gasteiger partial charge in [-0.1, -0.05) is 19.3 Å². The van der Waals surface area contributed by atoms with E-state index in [9.17, 15) is 9.59 Å². The summed E-state index contributed by atoms with van der Waals surface area (Å²) < 4.78 is 0. The highest BCUT2D eigenvalue weighted by atomic mass is 16.4. The van der Waals surface area contributed by atoms with Crippen LogP contribution in [0.15, 0.2) is 0 Å². The lowest BCUT2D eigenvalue weighted by molar-refractivity contribution is -0.124. The van der Waals surface area contributed by atoms with Gasteiger partial charge in [0.25, 0.3) is 0 Å². The Morgan fingerprint density at radius 3 is 2.47 bits per heavy atom. The van der Waals surface area contributed by atoms with Crippen LogP contribution in [0.1, 0.15) is 51.4 Å². The highest BCUT2D eigenvalue weighted by molar-refractivity contribution is 5.85. The first kappa shape index (κ1) is 15.8. The summed E-state index contributed by atoms with van der Waals surface area (Å²) in [5.41, 5.74) is 5.40. The second kappa shape index (κ2) is 8.74. The number of nitrogens with one attached hydrogen (secondary N) is 2. The lowest BCUT2D eigenvalue weighted by atomic mass is 9.95. The maximum atomic E-state index is 12.1. The van der Waals surface area contributed by atoms with Crippen molar-refractivity contribution in [2.24, 2.45) is 5.73 Å². The molecule has 1 atom stereocenters. The number of carbonyl (C=O) groups excluding carboxylic acids is 1. The van der Waals surface area contributed by atoms with Gasteiger partial charge in [-0.2, -0.15) is 0 Å². The molecule has 19 heavy (non-hydrogen) atoms. The van der Waals surface area contributed by atoms with Crippen molar-refractivity contribution in [1.29, 1.82) is 0 Å². The number of hydrogen-bond donors (Lipinski definition) is 4. The zero-order valence-corrected chi connectivity index (χ0v) is 11.4. The van der Waals surface area contributed by atoms with Crippen molar-refractivity contribution in [3.05, 3.63) is 0 Å². The van der Waals surface area contributed by atoms with E-state index < -0.39 is 12.1 Å². The Morgan fingerprint density at radius 1 is 1.21 bits per heavy atom. The van der Waals surface area contributed by atoms with E-state index in [0.29, 0.717) is 13.0 Å². The van der Waals surface area contributed by atoms with Crippen molar-refractivity contribution < 1.29 is 14.7 Å². The molecule has 0 saturated heterocycles. The second-order valence-electron chi connectivity index (χ2n) is 5.13. The van der Waals surface area contributed by atoms with Gasteiger partial charge in [0.05, 0.1) is 0 Å². The Morgan fingerprint density at radius 2 is 1.89 bits per heavy atom. The number of amides is 2. The molecule has 0 bridgehead atoms. The lowest BCUT2D eigenvalue weighted by Gasteiger charge is -2.25. The van der Waals surface area contributed by atoms with Crippen molar-refractivity contribution in [3.63, 3.8) is 0 Å². The monoisotopic (exact) mass is 271 g/mol. The predicted octanol–water partition coefficient (Wildman–Crippen LogP) is 1.20. The lowest BCUT2D eigenvalue weighted by Crippen LogP contribution is -2.49. The summed E-state index contributed by atoms with van der Waals surface area (Å²) in [4.78, 5) is 22.8. The van der Waals surface area contributed by atoms with Gasteiger partial charge < -0.3 is 21.5 Å². The number of carbonyl (C=O) groups is 2. The summed E-state index contributed by atoms with van der Waals surface area (Å²) in [6, 6.07) is -0.458. The molecule has 1 aliphatic carbocycles. The first-order valence-electron chi connectivity index (χ1n) is 7.13. The van der Waals surface area contributed by atoms with Gasteiger partial charge in [-0.15, -0.1) is 0 Å². The molecule has 1 rings (SSSR count). The van der Waals surface area contributed by atoms with Crippen molar-refractivity contribution in [2.75, 3.05) is 6.54 Å². The molecule has 5 N–H and O–H groups in total. The Bertz CT molecular complexity index is 291. The van der Waals surface area contributed by atoms with Gasteiger partial charge in [0.2, 0.25) is 5.91 Å². The van der Waals surface area contributed by atoms with Crippen LogP contribution in [-0.4, -0.2) is 35.7 Å². The van der Waals surface area contributed by atoms with Gasteiger partial charge in [0.1, 0.15) is 6.04 Å². The van der Waals surface area contributed by atoms with Gasteiger partial charge in [-0.25, -0.2) is 4.79 Å². The summed E-state index contributed by atoms with van der Waals surface area (Å²) >= 11 is 0. The first-order chi connectivity index (χ1) is 9.13. The maximum absolute atomic E-state index is 12.1. The van der Waals surface area contributed by atoms with E-state index in [1.54, 1.807) is 0 Å². The molecule has 0 aromatic carbocycles. The number of hydrogen-bond acceptors (Lipinski definition) is 3. The molecular weight excluding hydrogens is 246 g/mol. The minimum absolute atomic E-state index is 0.202. The van der Waals surface area contributed by atoms with Crippen molar-refractivity contribution in [1.82, 2.24) is 10.6 Å². The van der Waals surface area contributed by atoms with Crippen molar-refractivity contribution in [3.8, 4) is 0 Å². The minimum atomic E-state index is -1.16. The van der Waals surface area contributed by atoms with E-state index in [0.717, 1.165) is 38.5 Å². The number of unbranched alkanes of at least 4 members (excludes halogenated alkanes) is 1. The molecular formula is C13H25N3O3. The van der Waals surface area contributed by atoms with Gasteiger partial charge in [0.15, 0.2) is 0 Å². The molecule has 1 aliphatic rings. The highest BCUT2D eigenvalue weighted by Gasteiger charge is 2.23. The average molecular weight is 271 g/mol. The molecule has 0 heterocycles. The largest absolute Gasteiger partial charge is 0.465 e. The number of rotatable bonds is 7. The van der Waals surface area contributed by atoms with Gasteiger partial charge >= 0.3 is 6.09 Å². The molecule has 1 saturated carbocycles. The zero-order valence-electron chi connectivity index (χ0n) is 11.4. The molecule has 6 nitrogen and oxygen atoms in total. The maximum Gasteiger partial charge on any atom is 0.405 e. The average Bonchev–Trinajstić information content (AvgIpc) is 2.38. The van der Waals surface area contributed by atoms with Crippen LogP contribution in [0.25, 0.3) is 0 Å². The van der Waals surface area contributed by atoms with Crippen LogP contribution in [0.5, 0.6) is 0 Å². The van der Waals surface area contributed by atoms with Crippen LogP contribution in [-0.2, 0) is 4.79 Å². The van der Waals surface area contributed by atoms with E-state index in [1.807, 2.05) is 0 Å². The standard InChI is InChI=1S/C13H25N3O3/c14-9-5-4-8-11(16-13(18)19)12(17)15-10-6-2-1-3-7-10/h10-11,16H,1-9,14H2,(H,15,17)(H,18,19). The zero-order chi connectivity index (χ0) is 14.1. The minimum Gasteiger partial charge on any atom is -0.465 e. The topological polar surface area (TPSA) is 104 Å². The smallest absolute Gasteiger partial charge is 0.405 e. The Labute approximate surface area is 114 Å². The fourth-order valence-electron chi connectivity index (χ4n) is 2.46. The summed E-state index contributed by atoms with van der Waals surface area (Å²) in [5, 5.41) is 14.0. The molecule has 1 fully saturated rings. The predicted molar refractivity (Wildman–Crippen MR) is 72.9 cm³/mol. The Balaban J connectivity index is 2.41. The highest BCUT2D eigenvalue weighted by Crippen LogP contribution is 2.17. The molecule has 1 unspecified atom stereocenters. The van der Waals surface area contributed by atoms with Gasteiger partial charge in [-0.05, 0) is 38.6 Å². The first-order valence-corrected chi connectivity index (χ1v) is 7.13. The van der Waals surface area contributed by atoms with Gasteiger partial charge in [0, 0.05) is 6.04 Å². The van der Waals surface area contributed by atoms with Crippen LogP contribution in [0.3, 0.4) is 0 Å². The van der Waals surface area contributed by atoms with Crippen molar-refractivity contribution in [2.45, 2.75) is 63.5 Å². The Kier molecular flexibility index (Phi) is 7.25. The fourth-order valence-corrected chi connectivity index (χ4v) is 2.46. The molecule has 0 aromatic rings. The molecule has 0 aromatic heterocycles. The number of carboxylic acid groups (broad SMARTS) is 1. The van der Waals surface area contributed by atoms with Crippen LogP contribution in [0.2, 0.25) is 0 Å². The van der Waals surface area contributed by atoms with E-state index >= 15 is 0 Å². The molecule has 0 radical (unpaired) electrons. The van der Waals surface area contributed by atoms with Gasteiger partial charge in [-0.3, -0.25) is 4.79 Å². The quantitative estimate of drug-likeness (QED) is 0.522. The second-order valence-corrected chi connectivity index (χ2v) is 5.13. The normalized spacial score (nSPS) is 17.7. The summed E-state index contributed by atoms with van der Waals surface area (Å²) in [6.07, 6.45) is 6.37. The van der Waals surface area contributed by atoms with Crippen LogP contribution >= 0.6 is 0 Å². The SMILES string of the molecule is NCCCCC(NC(=O)O)C(=O)NC1CCCCC1. The van der Waals surface area contributed by atoms with E-state index in [1.165, 1.54) is 6.42 Å². The van der Waals surface area contributed by atoms with Crippen molar-refractivity contribution >= 4 is 12.0 Å². The van der Waals surface area contributed by atoms with Crippen LogP contribution < -0.4 is 16.4 Å². The third-order valence-corrected chi connectivity index (χ3v) is 3.51. The molecule has 2 amide bonds. The Hall–Kier alpha value is -1.30. The molecule has 110 valence electrons. The molecule has 6 heteroatoms.